The Hall–Kier alpha value is -3.35. The van der Waals surface area contributed by atoms with E-state index in [2.05, 4.69) is 10.6 Å². The molecule has 1 aliphatic rings. The van der Waals surface area contributed by atoms with Crippen LogP contribution in [0.5, 0.6) is 0 Å². The zero-order chi connectivity index (χ0) is 18.5. The van der Waals surface area contributed by atoms with Crippen LogP contribution >= 0.6 is 0 Å². The molecule has 4 N–H and O–H groups in total. The molecule has 0 radical (unpaired) electrons. The van der Waals surface area contributed by atoms with Crippen LogP contribution in [0, 0.1) is 0 Å². The van der Waals surface area contributed by atoms with E-state index >= 15 is 0 Å². The third-order valence-corrected chi connectivity index (χ3v) is 4.17. The van der Waals surface area contributed by atoms with Gasteiger partial charge < -0.3 is 21.3 Å². The Morgan fingerprint density at radius 3 is 2.54 bits per heavy atom. The lowest BCUT2D eigenvalue weighted by molar-refractivity contribution is -0.117. The van der Waals surface area contributed by atoms with Gasteiger partial charge in [-0.1, -0.05) is 18.2 Å². The minimum absolute atomic E-state index is 0.105. The lowest BCUT2D eigenvalue weighted by Crippen LogP contribution is -2.28. The lowest BCUT2D eigenvalue weighted by Gasteiger charge is -2.16. The van der Waals surface area contributed by atoms with Gasteiger partial charge in [0.25, 0.3) is 5.91 Å². The molecular weight excluding hydrogens is 332 g/mol. The number of primary amides is 1. The Labute approximate surface area is 151 Å². The van der Waals surface area contributed by atoms with Crippen molar-refractivity contribution in [3.63, 3.8) is 0 Å². The van der Waals surface area contributed by atoms with Crippen LogP contribution in [-0.2, 0) is 11.3 Å². The zero-order valence-electron chi connectivity index (χ0n) is 14.2. The van der Waals surface area contributed by atoms with Gasteiger partial charge in [-0.15, -0.1) is 0 Å². The van der Waals surface area contributed by atoms with Crippen molar-refractivity contribution in [3.8, 4) is 0 Å². The maximum Gasteiger partial charge on any atom is 0.312 e. The largest absolute Gasteiger partial charge is 0.352 e. The van der Waals surface area contributed by atoms with Crippen molar-refractivity contribution < 1.29 is 14.4 Å². The normalized spacial score (nSPS) is 13.5. The van der Waals surface area contributed by atoms with Gasteiger partial charge in [-0.05, 0) is 42.3 Å². The van der Waals surface area contributed by atoms with E-state index in [1.54, 1.807) is 41.3 Å². The van der Waals surface area contributed by atoms with E-state index < -0.39 is 6.03 Å². The number of nitrogens with two attached hydrogens (primary N) is 1. The average Bonchev–Trinajstić information content (AvgIpc) is 3.06. The third-order valence-electron chi connectivity index (χ3n) is 4.17. The third kappa shape index (κ3) is 4.18. The first-order valence-corrected chi connectivity index (χ1v) is 8.37. The summed E-state index contributed by atoms with van der Waals surface area (Å²) in [6.07, 6.45) is 1.42. The molecule has 1 heterocycles. The standard InChI is InChI=1S/C19H20N4O3/c20-19(26)21-12-13-6-8-14(9-7-13)18(25)22-15-3-1-4-16(11-15)23-10-2-5-17(23)24/h1,3-4,6-9,11H,2,5,10,12H2,(H,22,25)(H3,20,21,26). The molecule has 0 bridgehead atoms. The summed E-state index contributed by atoms with van der Waals surface area (Å²) in [7, 11) is 0. The summed E-state index contributed by atoms with van der Waals surface area (Å²) >= 11 is 0. The maximum absolute atomic E-state index is 12.4. The van der Waals surface area contributed by atoms with Crippen molar-refractivity contribution in [3.05, 3.63) is 59.7 Å². The van der Waals surface area contributed by atoms with Crippen LogP contribution in [-0.4, -0.2) is 24.4 Å². The van der Waals surface area contributed by atoms with E-state index in [0.717, 1.165) is 17.7 Å². The van der Waals surface area contributed by atoms with Crippen LogP contribution in [0.4, 0.5) is 16.2 Å². The molecule has 0 unspecified atom stereocenters. The molecule has 0 saturated carbocycles. The van der Waals surface area contributed by atoms with E-state index in [1.807, 2.05) is 12.1 Å². The molecule has 1 aliphatic heterocycles. The summed E-state index contributed by atoms with van der Waals surface area (Å²) in [4.78, 5) is 36.7. The minimum atomic E-state index is -0.594. The average molecular weight is 352 g/mol. The summed E-state index contributed by atoms with van der Waals surface area (Å²) in [5.74, 6) is -0.141. The SMILES string of the molecule is NC(=O)NCc1ccc(C(=O)Nc2cccc(N3CCCC3=O)c2)cc1. The highest BCUT2D eigenvalue weighted by molar-refractivity contribution is 6.05. The molecule has 2 aromatic carbocycles. The van der Waals surface area contributed by atoms with Crippen molar-refractivity contribution in [2.75, 3.05) is 16.8 Å². The van der Waals surface area contributed by atoms with E-state index in [0.29, 0.717) is 30.8 Å². The molecule has 0 aliphatic carbocycles. The molecular formula is C19H20N4O3. The topological polar surface area (TPSA) is 105 Å². The van der Waals surface area contributed by atoms with E-state index in [4.69, 9.17) is 5.73 Å². The van der Waals surface area contributed by atoms with Gasteiger partial charge in [0.15, 0.2) is 0 Å². The second-order valence-electron chi connectivity index (χ2n) is 6.07. The summed E-state index contributed by atoms with van der Waals surface area (Å²) in [5, 5.41) is 5.33. The van der Waals surface area contributed by atoms with Crippen molar-refractivity contribution in [1.82, 2.24) is 5.32 Å². The highest BCUT2D eigenvalue weighted by atomic mass is 16.2. The van der Waals surface area contributed by atoms with Gasteiger partial charge in [0.2, 0.25) is 5.91 Å². The fourth-order valence-electron chi connectivity index (χ4n) is 2.84. The van der Waals surface area contributed by atoms with Crippen LogP contribution in [0.2, 0.25) is 0 Å². The molecule has 0 aromatic heterocycles. The molecule has 1 saturated heterocycles. The van der Waals surface area contributed by atoms with Crippen LogP contribution in [0.1, 0.15) is 28.8 Å². The number of carbonyl (C=O) groups excluding carboxylic acids is 3. The number of nitrogens with one attached hydrogen (secondary N) is 2. The number of hydrogen-bond acceptors (Lipinski definition) is 3. The van der Waals surface area contributed by atoms with Gasteiger partial charge in [0, 0.05) is 36.4 Å². The summed E-state index contributed by atoms with van der Waals surface area (Å²) in [6.45, 7) is 1.01. The van der Waals surface area contributed by atoms with Gasteiger partial charge in [-0.2, -0.15) is 0 Å². The quantitative estimate of drug-likeness (QED) is 0.768. The monoisotopic (exact) mass is 352 g/mol. The molecule has 134 valence electrons. The van der Waals surface area contributed by atoms with Crippen LogP contribution < -0.4 is 21.3 Å². The number of anilines is 2. The van der Waals surface area contributed by atoms with Crippen molar-refractivity contribution in [2.24, 2.45) is 5.73 Å². The van der Waals surface area contributed by atoms with Gasteiger partial charge in [-0.25, -0.2) is 4.79 Å². The predicted molar refractivity (Wildman–Crippen MR) is 98.8 cm³/mol. The predicted octanol–water partition coefficient (Wildman–Crippen LogP) is 2.23. The molecule has 4 amide bonds. The summed E-state index contributed by atoms with van der Waals surface area (Å²) in [6, 6.07) is 13.5. The highest BCUT2D eigenvalue weighted by Gasteiger charge is 2.21. The van der Waals surface area contributed by atoms with Gasteiger partial charge in [0.05, 0.1) is 0 Å². The van der Waals surface area contributed by atoms with Gasteiger partial charge >= 0.3 is 6.03 Å². The van der Waals surface area contributed by atoms with Crippen molar-refractivity contribution in [2.45, 2.75) is 19.4 Å². The first-order chi connectivity index (χ1) is 12.5. The first kappa shape index (κ1) is 17.5. The van der Waals surface area contributed by atoms with E-state index in [-0.39, 0.29) is 11.8 Å². The highest BCUT2D eigenvalue weighted by Crippen LogP contribution is 2.24. The fourth-order valence-corrected chi connectivity index (χ4v) is 2.84. The summed E-state index contributed by atoms with van der Waals surface area (Å²) < 4.78 is 0. The van der Waals surface area contributed by atoms with Gasteiger partial charge in [-0.3, -0.25) is 9.59 Å². The first-order valence-electron chi connectivity index (χ1n) is 8.37. The Kier molecular flexibility index (Phi) is 5.17. The lowest BCUT2D eigenvalue weighted by atomic mass is 10.1. The molecule has 2 aromatic rings. The minimum Gasteiger partial charge on any atom is -0.352 e. The molecule has 7 heteroatoms. The van der Waals surface area contributed by atoms with Crippen molar-refractivity contribution in [1.29, 1.82) is 0 Å². The molecule has 1 fully saturated rings. The molecule has 7 nitrogen and oxygen atoms in total. The number of amides is 4. The number of benzene rings is 2. The molecule has 26 heavy (non-hydrogen) atoms. The Morgan fingerprint density at radius 2 is 1.88 bits per heavy atom. The maximum atomic E-state index is 12.4. The number of urea groups is 1. The molecule has 0 spiro atoms. The summed E-state index contributed by atoms with van der Waals surface area (Å²) in [5.41, 5.74) is 7.79. The van der Waals surface area contributed by atoms with Crippen LogP contribution in [0.25, 0.3) is 0 Å². The number of hydrogen-bond donors (Lipinski definition) is 3. The van der Waals surface area contributed by atoms with E-state index in [1.165, 1.54) is 0 Å². The Balaban J connectivity index is 1.66. The smallest absolute Gasteiger partial charge is 0.312 e. The van der Waals surface area contributed by atoms with Crippen molar-refractivity contribution >= 4 is 29.2 Å². The van der Waals surface area contributed by atoms with E-state index in [9.17, 15) is 14.4 Å². The molecule has 3 rings (SSSR count). The van der Waals surface area contributed by atoms with Crippen LogP contribution in [0.3, 0.4) is 0 Å². The van der Waals surface area contributed by atoms with Gasteiger partial charge in [0.1, 0.15) is 0 Å². The second-order valence-corrected chi connectivity index (χ2v) is 6.07. The Bertz CT molecular complexity index is 833. The number of carbonyl (C=O) groups is 3. The molecule has 0 atom stereocenters. The van der Waals surface area contributed by atoms with Crippen LogP contribution in [0.15, 0.2) is 48.5 Å². The number of nitrogens with zero attached hydrogens (tertiary/aromatic N) is 1. The Morgan fingerprint density at radius 1 is 1.12 bits per heavy atom. The number of rotatable bonds is 5. The fraction of sp³-hybridized carbons (Fsp3) is 0.211. The zero-order valence-corrected chi connectivity index (χ0v) is 14.2. The second kappa shape index (κ2) is 7.69.